The standard InChI is InChI=1S/C25H25Cl2N3O5S2/c1-19(31)29-15-13-28(14-16-29)18-20-7-6-8-21(17-20)30(36(32,33)24-11-4-2-9-22(24)26)37(34,35)25-12-5-3-10-23(25)27/h2-12,17H,13-16,18H2,1H3. The fraction of sp³-hybridized carbons (Fsp3) is 0.240. The molecule has 0 aliphatic carbocycles. The molecule has 0 spiro atoms. The Bertz CT molecular complexity index is 1450. The van der Waals surface area contributed by atoms with Crippen LogP contribution in [0.3, 0.4) is 0 Å². The first-order valence-corrected chi connectivity index (χ1v) is 15.0. The topological polar surface area (TPSA) is 95.1 Å². The van der Waals surface area contributed by atoms with Crippen molar-refractivity contribution in [2.24, 2.45) is 0 Å². The lowest BCUT2D eigenvalue weighted by atomic mass is 10.2. The van der Waals surface area contributed by atoms with Gasteiger partial charge in [-0.1, -0.05) is 59.6 Å². The molecule has 0 radical (unpaired) electrons. The third kappa shape index (κ3) is 5.78. The minimum absolute atomic E-state index is 0.0202. The molecule has 37 heavy (non-hydrogen) atoms. The molecule has 1 amide bonds. The van der Waals surface area contributed by atoms with Crippen molar-refractivity contribution in [3.63, 3.8) is 0 Å². The minimum atomic E-state index is -4.68. The van der Waals surface area contributed by atoms with Gasteiger partial charge in [-0.2, -0.15) is 20.5 Å². The summed E-state index contributed by atoms with van der Waals surface area (Å²) in [5.41, 5.74) is 0.641. The predicted molar refractivity (Wildman–Crippen MR) is 144 cm³/mol. The Labute approximate surface area is 227 Å². The van der Waals surface area contributed by atoms with Gasteiger partial charge in [-0.25, -0.2) is 0 Å². The Hall–Kier alpha value is -2.63. The molecule has 0 saturated carbocycles. The highest BCUT2D eigenvalue weighted by Crippen LogP contribution is 2.36. The molecule has 0 unspecified atom stereocenters. The van der Waals surface area contributed by atoms with Gasteiger partial charge in [0.15, 0.2) is 0 Å². The van der Waals surface area contributed by atoms with Crippen LogP contribution in [0.5, 0.6) is 0 Å². The van der Waals surface area contributed by atoms with Gasteiger partial charge >= 0.3 is 0 Å². The van der Waals surface area contributed by atoms with Crippen LogP contribution in [0.25, 0.3) is 0 Å². The van der Waals surface area contributed by atoms with E-state index >= 15 is 0 Å². The zero-order valence-corrected chi connectivity index (χ0v) is 23.1. The molecule has 1 saturated heterocycles. The van der Waals surface area contributed by atoms with Crippen molar-refractivity contribution < 1.29 is 21.6 Å². The van der Waals surface area contributed by atoms with Crippen molar-refractivity contribution >= 4 is 54.8 Å². The third-order valence-electron chi connectivity index (χ3n) is 6.01. The second-order valence-corrected chi connectivity index (χ2v) is 13.1. The number of carbonyl (C=O) groups excluding carboxylic acids is 1. The summed E-state index contributed by atoms with van der Waals surface area (Å²) in [6, 6.07) is 17.7. The van der Waals surface area contributed by atoms with E-state index < -0.39 is 20.0 Å². The van der Waals surface area contributed by atoms with Crippen molar-refractivity contribution in [2.45, 2.75) is 23.3 Å². The number of amides is 1. The van der Waals surface area contributed by atoms with Crippen molar-refractivity contribution in [3.05, 3.63) is 88.4 Å². The molecule has 3 aromatic carbocycles. The van der Waals surface area contributed by atoms with Gasteiger partial charge in [0, 0.05) is 39.6 Å². The molecule has 196 valence electrons. The largest absolute Gasteiger partial charge is 0.340 e. The van der Waals surface area contributed by atoms with Crippen molar-refractivity contribution in [2.75, 3.05) is 29.9 Å². The van der Waals surface area contributed by atoms with E-state index in [1.54, 1.807) is 29.2 Å². The second kappa shape index (κ2) is 11.0. The summed E-state index contributed by atoms with van der Waals surface area (Å²) in [5.74, 6) is 0.0202. The van der Waals surface area contributed by atoms with Crippen LogP contribution in [-0.2, 0) is 31.4 Å². The zero-order valence-electron chi connectivity index (χ0n) is 19.9. The first-order valence-electron chi connectivity index (χ1n) is 11.4. The highest BCUT2D eigenvalue weighted by atomic mass is 35.5. The predicted octanol–water partition coefficient (Wildman–Crippen LogP) is 4.24. The number of carbonyl (C=O) groups is 1. The minimum Gasteiger partial charge on any atom is -0.340 e. The number of hydrogen-bond donors (Lipinski definition) is 0. The van der Waals surface area contributed by atoms with Crippen LogP contribution < -0.4 is 3.71 Å². The van der Waals surface area contributed by atoms with Gasteiger partial charge in [-0.15, -0.1) is 0 Å². The lowest BCUT2D eigenvalue weighted by Gasteiger charge is -2.34. The quantitative estimate of drug-likeness (QED) is 0.414. The molecule has 0 atom stereocenters. The zero-order chi connectivity index (χ0) is 26.8. The van der Waals surface area contributed by atoms with Crippen molar-refractivity contribution in [3.8, 4) is 0 Å². The van der Waals surface area contributed by atoms with E-state index in [0.29, 0.717) is 42.0 Å². The van der Waals surface area contributed by atoms with E-state index in [1.807, 2.05) is 0 Å². The van der Waals surface area contributed by atoms with Gasteiger partial charge < -0.3 is 4.90 Å². The van der Waals surface area contributed by atoms with Crippen LogP contribution in [-0.4, -0.2) is 58.7 Å². The number of sulfonamides is 2. The highest BCUT2D eigenvalue weighted by molar-refractivity contribution is 8.10. The summed E-state index contributed by atoms with van der Waals surface area (Å²) in [4.78, 5) is 14.8. The van der Waals surface area contributed by atoms with Crippen LogP contribution in [0.15, 0.2) is 82.6 Å². The Morgan fingerprint density at radius 3 is 1.78 bits per heavy atom. The number of halogens is 2. The number of benzene rings is 3. The monoisotopic (exact) mass is 581 g/mol. The molecule has 1 heterocycles. The molecule has 4 rings (SSSR count). The molecule has 3 aromatic rings. The molecule has 0 N–H and O–H groups in total. The Kier molecular flexibility index (Phi) is 8.15. The van der Waals surface area contributed by atoms with Crippen LogP contribution in [0.1, 0.15) is 12.5 Å². The van der Waals surface area contributed by atoms with Crippen LogP contribution in [0, 0.1) is 0 Å². The first kappa shape index (κ1) is 27.4. The fourth-order valence-corrected chi connectivity index (χ4v) is 8.78. The number of hydrogen-bond acceptors (Lipinski definition) is 6. The molecule has 1 aliphatic rings. The highest BCUT2D eigenvalue weighted by Gasteiger charge is 2.39. The summed E-state index contributed by atoms with van der Waals surface area (Å²) in [7, 11) is -9.35. The van der Waals surface area contributed by atoms with E-state index in [1.165, 1.54) is 55.5 Å². The fourth-order valence-electron chi connectivity index (χ4n) is 4.14. The van der Waals surface area contributed by atoms with Crippen molar-refractivity contribution in [1.29, 1.82) is 0 Å². The summed E-state index contributed by atoms with van der Waals surface area (Å²) in [6.07, 6.45) is 0. The maximum atomic E-state index is 13.9. The van der Waals surface area contributed by atoms with Gasteiger partial charge in [0.25, 0.3) is 20.0 Å². The van der Waals surface area contributed by atoms with Gasteiger partial charge in [0.05, 0.1) is 15.7 Å². The maximum Gasteiger partial charge on any atom is 0.279 e. The lowest BCUT2D eigenvalue weighted by molar-refractivity contribution is -0.130. The Morgan fingerprint density at radius 2 is 1.30 bits per heavy atom. The number of rotatable bonds is 7. The molecule has 1 fully saturated rings. The lowest BCUT2D eigenvalue weighted by Crippen LogP contribution is -2.47. The second-order valence-electron chi connectivity index (χ2n) is 8.52. The van der Waals surface area contributed by atoms with Crippen LogP contribution in [0.4, 0.5) is 5.69 Å². The molecule has 0 bridgehead atoms. The summed E-state index contributed by atoms with van der Waals surface area (Å²) in [5, 5.41) is -0.220. The van der Waals surface area contributed by atoms with Gasteiger partial charge in [-0.05, 0) is 42.0 Å². The van der Waals surface area contributed by atoms with E-state index in [4.69, 9.17) is 23.2 Å². The van der Waals surface area contributed by atoms with Crippen LogP contribution >= 0.6 is 23.2 Å². The van der Waals surface area contributed by atoms with Crippen LogP contribution in [0.2, 0.25) is 10.0 Å². The van der Waals surface area contributed by atoms with Gasteiger partial charge in [-0.3, -0.25) is 9.69 Å². The van der Waals surface area contributed by atoms with E-state index in [9.17, 15) is 21.6 Å². The Morgan fingerprint density at radius 1 is 0.784 bits per heavy atom. The average molecular weight is 583 g/mol. The summed E-state index contributed by atoms with van der Waals surface area (Å²) >= 11 is 12.4. The third-order valence-corrected chi connectivity index (χ3v) is 11.2. The van der Waals surface area contributed by atoms with Crippen molar-refractivity contribution in [1.82, 2.24) is 9.80 Å². The summed E-state index contributed by atoms with van der Waals surface area (Å²) in [6.45, 7) is 4.44. The molecular weight excluding hydrogens is 557 g/mol. The van der Waals surface area contributed by atoms with E-state index in [0.717, 1.165) is 0 Å². The average Bonchev–Trinajstić information content (AvgIpc) is 2.84. The molecule has 8 nitrogen and oxygen atoms in total. The maximum absolute atomic E-state index is 13.9. The van der Waals surface area contributed by atoms with E-state index in [2.05, 4.69) is 4.90 Å². The normalized spacial score (nSPS) is 14.9. The van der Waals surface area contributed by atoms with E-state index in [-0.39, 0.29) is 31.4 Å². The molecular formula is C25H25Cl2N3O5S2. The first-order chi connectivity index (χ1) is 17.5. The summed E-state index contributed by atoms with van der Waals surface area (Å²) < 4.78 is 55.8. The molecule has 12 heteroatoms. The number of nitrogens with zero attached hydrogens (tertiary/aromatic N) is 3. The number of piperazine rings is 1. The van der Waals surface area contributed by atoms with Gasteiger partial charge in [0.2, 0.25) is 5.91 Å². The molecule has 1 aliphatic heterocycles. The SMILES string of the molecule is CC(=O)N1CCN(Cc2cccc(N(S(=O)(=O)c3ccccc3Cl)S(=O)(=O)c3ccccc3Cl)c2)CC1. The van der Waals surface area contributed by atoms with Gasteiger partial charge in [0.1, 0.15) is 9.79 Å². The Balaban J connectivity index is 1.77. The number of anilines is 1. The molecule has 0 aromatic heterocycles. The smallest absolute Gasteiger partial charge is 0.279 e.